The van der Waals surface area contributed by atoms with Crippen LogP contribution in [-0.4, -0.2) is 5.78 Å². The smallest absolute Gasteiger partial charge is 0.196 e. The van der Waals surface area contributed by atoms with Gasteiger partial charge < -0.3 is 5.73 Å². The van der Waals surface area contributed by atoms with Gasteiger partial charge in [-0.05, 0) is 18.2 Å². The SMILES string of the molecule is Nc1c(Cl)cccc1C(=O)c1csc2ccccc12. The minimum atomic E-state index is -0.0857. The van der Waals surface area contributed by atoms with E-state index in [0.29, 0.717) is 21.8 Å². The summed E-state index contributed by atoms with van der Waals surface area (Å²) >= 11 is 7.52. The normalized spacial score (nSPS) is 10.8. The molecule has 0 aliphatic carbocycles. The van der Waals surface area contributed by atoms with Crippen LogP contribution >= 0.6 is 22.9 Å². The van der Waals surface area contributed by atoms with Crippen molar-refractivity contribution in [1.82, 2.24) is 0 Å². The van der Waals surface area contributed by atoms with Crippen molar-refractivity contribution in [1.29, 1.82) is 0 Å². The molecule has 0 fully saturated rings. The molecule has 0 aliphatic heterocycles. The third-order valence-corrected chi connectivity index (χ3v) is 4.32. The van der Waals surface area contributed by atoms with Crippen LogP contribution in [0.4, 0.5) is 5.69 Å². The third-order valence-electron chi connectivity index (χ3n) is 3.02. The van der Waals surface area contributed by atoms with Crippen LogP contribution in [-0.2, 0) is 0 Å². The van der Waals surface area contributed by atoms with Crippen molar-refractivity contribution in [2.24, 2.45) is 0 Å². The van der Waals surface area contributed by atoms with Crippen LogP contribution in [0.1, 0.15) is 15.9 Å². The number of carbonyl (C=O) groups excluding carboxylic acids is 1. The van der Waals surface area contributed by atoms with Crippen LogP contribution in [0.15, 0.2) is 47.8 Å². The fourth-order valence-corrected chi connectivity index (χ4v) is 3.15. The van der Waals surface area contributed by atoms with E-state index in [1.165, 1.54) is 0 Å². The van der Waals surface area contributed by atoms with Gasteiger partial charge in [-0.25, -0.2) is 0 Å². The van der Waals surface area contributed by atoms with Gasteiger partial charge in [0.15, 0.2) is 5.78 Å². The Bertz CT molecular complexity index is 779. The fraction of sp³-hybridized carbons (Fsp3) is 0. The summed E-state index contributed by atoms with van der Waals surface area (Å²) in [4.78, 5) is 12.6. The molecule has 3 aromatic rings. The zero-order valence-corrected chi connectivity index (χ0v) is 11.5. The molecule has 0 saturated carbocycles. The maximum absolute atomic E-state index is 12.6. The van der Waals surface area contributed by atoms with Crippen molar-refractivity contribution in [2.75, 3.05) is 5.73 Å². The van der Waals surface area contributed by atoms with Gasteiger partial charge in [0.2, 0.25) is 0 Å². The molecule has 0 atom stereocenters. The molecular formula is C15H10ClNOS. The van der Waals surface area contributed by atoms with Crippen molar-refractivity contribution >= 4 is 44.5 Å². The Hall–Kier alpha value is -1.84. The van der Waals surface area contributed by atoms with Crippen LogP contribution < -0.4 is 5.73 Å². The average molecular weight is 288 g/mol. The zero-order chi connectivity index (χ0) is 13.4. The van der Waals surface area contributed by atoms with E-state index in [-0.39, 0.29) is 5.78 Å². The van der Waals surface area contributed by atoms with Crippen molar-refractivity contribution in [3.63, 3.8) is 0 Å². The van der Waals surface area contributed by atoms with Crippen LogP contribution in [0.5, 0.6) is 0 Å². The van der Waals surface area contributed by atoms with E-state index in [9.17, 15) is 4.79 Å². The highest BCUT2D eigenvalue weighted by atomic mass is 35.5. The lowest BCUT2D eigenvalue weighted by Gasteiger charge is -2.05. The lowest BCUT2D eigenvalue weighted by atomic mass is 10.0. The first kappa shape index (κ1) is 12.2. The Morgan fingerprint density at radius 1 is 1.05 bits per heavy atom. The molecule has 2 aromatic carbocycles. The Kier molecular flexibility index (Phi) is 3.01. The van der Waals surface area contributed by atoms with E-state index in [4.69, 9.17) is 17.3 Å². The molecule has 0 spiro atoms. The Morgan fingerprint density at radius 3 is 2.68 bits per heavy atom. The Labute approximate surface area is 119 Å². The minimum absolute atomic E-state index is 0.0857. The van der Waals surface area contributed by atoms with Gasteiger partial charge in [0.25, 0.3) is 0 Å². The average Bonchev–Trinajstić information content (AvgIpc) is 2.85. The van der Waals surface area contributed by atoms with Gasteiger partial charge in [-0.15, -0.1) is 11.3 Å². The highest BCUT2D eigenvalue weighted by molar-refractivity contribution is 7.17. The summed E-state index contributed by atoms with van der Waals surface area (Å²) < 4.78 is 1.09. The highest BCUT2D eigenvalue weighted by Crippen LogP contribution is 2.30. The summed E-state index contributed by atoms with van der Waals surface area (Å²) in [5.41, 5.74) is 7.35. The van der Waals surface area contributed by atoms with E-state index >= 15 is 0 Å². The first-order chi connectivity index (χ1) is 9.18. The number of ketones is 1. The van der Waals surface area contributed by atoms with Crippen molar-refractivity contribution < 1.29 is 4.79 Å². The number of anilines is 1. The predicted molar refractivity (Wildman–Crippen MR) is 81.1 cm³/mol. The number of halogens is 1. The first-order valence-corrected chi connectivity index (χ1v) is 6.99. The van der Waals surface area contributed by atoms with Gasteiger partial charge in [-0.1, -0.05) is 35.9 Å². The van der Waals surface area contributed by atoms with E-state index in [0.717, 1.165) is 10.1 Å². The van der Waals surface area contributed by atoms with E-state index in [1.807, 2.05) is 29.6 Å². The molecule has 0 amide bonds. The number of para-hydroxylation sites is 1. The predicted octanol–water partition coefficient (Wildman–Crippen LogP) is 4.37. The molecule has 1 heterocycles. The topological polar surface area (TPSA) is 43.1 Å². The van der Waals surface area contributed by atoms with Gasteiger partial charge >= 0.3 is 0 Å². The molecule has 0 radical (unpaired) electrons. The molecular weight excluding hydrogens is 278 g/mol. The van der Waals surface area contributed by atoms with E-state index in [1.54, 1.807) is 29.5 Å². The molecule has 19 heavy (non-hydrogen) atoms. The second-order valence-corrected chi connectivity index (χ2v) is 5.49. The number of nitrogens with two attached hydrogens (primary N) is 1. The van der Waals surface area contributed by atoms with Gasteiger partial charge in [-0.3, -0.25) is 4.79 Å². The quantitative estimate of drug-likeness (QED) is 0.562. The zero-order valence-electron chi connectivity index (χ0n) is 9.89. The van der Waals surface area contributed by atoms with Gasteiger partial charge in [-0.2, -0.15) is 0 Å². The van der Waals surface area contributed by atoms with Gasteiger partial charge in [0.1, 0.15) is 0 Å². The first-order valence-electron chi connectivity index (χ1n) is 5.73. The molecule has 1 aromatic heterocycles. The fourth-order valence-electron chi connectivity index (χ4n) is 2.03. The van der Waals surface area contributed by atoms with Crippen molar-refractivity contribution in [2.45, 2.75) is 0 Å². The summed E-state index contributed by atoms with van der Waals surface area (Å²) in [5, 5.41) is 3.23. The second kappa shape index (κ2) is 4.68. The lowest BCUT2D eigenvalue weighted by molar-refractivity contribution is 0.104. The summed E-state index contributed by atoms with van der Waals surface area (Å²) in [6.07, 6.45) is 0. The summed E-state index contributed by atoms with van der Waals surface area (Å²) in [6.45, 7) is 0. The highest BCUT2D eigenvalue weighted by Gasteiger charge is 2.17. The summed E-state index contributed by atoms with van der Waals surface area (Å²) in [7, 11) is 0. The Balaban J connectivity index is 2.17. The maximum Gasteiger partial charge on any atom is 0.196 e. The molecule has 2 N–H and O–H groups in total. The summed E-state index contributed by atoms with van der Waals surface area (Å²) in [5.74, 6) is -0.0857. The number of thiophene rings is 1. The largest absolute Gasteiger partial charge is 0.397 e. The van der Waals surface area contributed by atoms with Crippen molar-refractivity contribution in [3.8, 4) is 0 Å². The van der Waals surface area contributed by atoms with Crippen LogP contribution in [0.25, 0.3) is 10.1 Å². The standard InChI is InChI=1S/C15H10ClNOS/c16-12-6-3-5-10(14(12)17)15(18)11-8-19-13-7-2-1-4-9(11)13/h1-8H,17H2. The molecule has 0 bridgehead atoms. The molecule has 3 rings (SSSR count). The number of hydrogen-bond donors (Lipinski definition) is 1. The number of rotatable bonds is 2. The second-order valence-electron chi connectivity index (χ2n) is 4.18. The number of fused-ring (bicyclic) bond motifs is 1. The molecule has 2 nitrogen and oxygen atoms in total. The third kappa shape index (κ3) is 2.01. The van der Waals surface area contributed by atoms with Crippen molar-refractivity contribution in [3.05, 3.63) is 64.0 Å². The maximum atomic E-state index is 12.6. The van der Waals surface area contributed by atoms with Crippen LogP contribution in [0.3, 0.4) is 0 Å². The number of hydrogen-bond acceptors (Lipinski definition) is 3. The number of benzene rings is 2. The van der Waals surface area contributed by atoms with Crippen LogP contribution in [0, 0.1) is 0 Å². The van der Waals surface area contributed by atoms with Crippen LogP contribution in [0.2, 0.25) is 5.02 Å². The van der Waals surface area contributed by atoms with E-state index in [2.05, 4.69) is 0 Å². The minimum Gasteiger partial charge on any atom is -0.397 e. The monoisotopic (exact) mass is 287 g/mol. The molecule has 94 valence electrons. The van der Waals surface area contributed by atoms with Gasteiger partial charge in [0.05, 0.1) is 10.7 Å². The molecule has 0 aliphatic rings. The van der Waals surface area contributed by atoms with Gasteiger partial charge in [0, 0.05) is 26.6 Å². The number of nitrogen functional groups attached to an aromatic ring is 1. The molecule has 4 heteroatoms. The lowest BCUT2D eigenvalue weighted by Crippen LogP contribution is -2.05. The molecule has 0 saturated heterocycles. The summed E-state index contributed by atoms with van der Waals surface area (Å²) in [6, 6.07) is 12.9. The van der Waals surface area contributed by atoms with E-state index < -0.39 is 0 Å². The molecule has 0 unspecified atom stereocenters. The number of carbonyl (C=O) groups is 1. The Morgan fingerprint density at radius 2 is 1.84 bits per heavy atom.